The van der Waals surface area contributed by atoms with E-state index in [1.165, 1.54) is 11.8 Å². The molecule has 0 aliphatic rings. The molecule has 0 radical (unpaired) electrons. The highest BCUT2D eigenvalue weighted by molar-refractivity contribution is 7.99. The lowest BCUT2D eigenvalue weighted by Gasteiger charge is -2.08. The molecule has 1 aromatic rings. The molecule has 152 valence electrons. The Morgan fingerprint density at radius 1 is 0.714 bits per heavy atom. The van der Waals surface area contributed by atoms with Crippen LogP contribution in [0.1, 0.15) is 5.56 Å². The molecule has 0 saturated heterocycles. The molecule has 1 rings (SSSR count). The molecule has 0 unspecified atom stereocenters. The van der Waals surface area contributed by atoms with Crippen molar-refractivity contribution in [3.05, 3.63) is 35.9 Å². The van der Waals surface area contributed by atoms with Crippen LogP contribution in [-0.4, -0.2) is 66.6 Å². The van der Waals surface area contributed by atoms with Crippen molar-refractivity contribution in [2.75, 3.05) is 31.9 Å². The van der Waals surface area contributed by atoms with Crippen LogP contribution in [0.3, 0.4) is 0 Å². The molecule has 0 bridgehead atoms. The van der Waals surface area contributed by atoms with Crippen LogP contribution in [0.2, 0.25) is 0 Å². The highest BCUT2D eigenvalue weighted by Gasteiger charge is 2.09. The van der Waals surface area contributed by atoms with Gasteiger partial charge in [0.2, 0.25) is 23.6 Å². The predicted molar refractivity (Wildman–Crippen MR) is 102 cm³/mol. The number of rotatable bonds is 12. The first-order valence-electron chi connectivity index (χ1n) is 8.27. The van der Waals surface area contributed by atoms with Gasteiger partial charge in [-0.05, 0) is 5.56 Å². The number of benzene rings is 1. The topological polar surface area (TPSA) is 154 Å². The van der Waals surface area contributed by atoms with E-state index in [0.717, 1.165) is 5.56 Å². The van der Waals surface area contributed by atoms with Gasteiger partial charge >= 0.3 is 5.97 Å². The van der Waals surface area contributed by atoms with Gasteiger partial charge in [-0.3, -0.25) is 24.0 Å². The molecule has 0 spiro atoms. The number of thioether (sulfide) groups is 1. The lowest BCUT2D eigenvalue weighted by molar-refractivity contribution is -0.137. The first kappa shape index (κ1) is 23.0. The number of hydrogen-bond donors (Lipinski definition) is 5. The monoisotopic (exact) mass is 410 g/mol. The third-order valence-electron chi connectivity index (χ3n) is 3.12. The smallest absolute Gasteiger partial charge is 0.322 e. The van der Waals surface area contributed by atoms with E-state index in [0.29, 0.717) is 5.75 Å². The van der Waals surface area contributed by atoms with Crippen LogP contribution < -0.4 is 21.3 Å². The van der Waals surface area contributed by atoms with Crippen LogP contribution in [-0.2, 0) is 29.7 Å². The Kier molecular flexibility index (Phi) is 10.8. The fraction of sp³-hybridized carbons (Fsp3) is 0.353. The van der Waals surface area contributed by atoms with Gasteiger partial charge in [0.25, 0.3) is 0 Å². The minimum absolute atomic E-state index is 0.202. The van der Waals surface area contributed by atoms with E-state index in [2.05, 4.69) is 21.3 Å². The molecule has 0 fully saturated rings. The molecule has 0 aromatic heterocycles. The van der Waals surface area contributed by atoms with E-state index in [1.54, 1.807) is 0 Å². The summed E-state index contributed by atoms with van der Waals surface area (Å²) in [7, 11) is 0. The van der Waals surface area contributed by atoms with Crippen molar-refractivity contribution >= 4 is 41.4 Å². The molecule has 0 atom stereocenters. The lowest BCUT2D eigenvalue weighted by atomic mass is 10.2. The Balaban J connectivity index is 2.08. The maximum atomic E-state index is 11.7. The Hall–Kier alpha value is -3.08. The molecule has 5 N–H and O–H groups in total. The number of nitrogens with one attached hydrogen (secondary N) is 4. The maximum absolute atomic E-state index is 11.7. The summed E-state index contributed by atoms with van der Waals surface area (Å²) in [6, 6.07) is 9.66. The van der Waals surface area contributed by atoms with Crippen LogP contribution >= 0.6 is 11.8 Å². The fourth-order valence-corrected chi connectivity index (χ4v) is 2.60. The van der Waals surface area contributed by atoms with Crippen LogP contribution in [0, 0.1) is 0 Å². The van der Waals surface area contributed by atoms with Crippen LogP contribution in [0.4, 0.5) is 0 Å². The largest absolute Gasteiger partial charge is 0.480 e. The van der Waals surface area contributed by atoms with Crippen molar-refractivity contribution in [2.45, 2.75) is 5.75 Å². The van der Waals surface area contributed by atoms with Gasteiger partial charge in [-0.1, -0.05) is 30.3 Å². The van der Waals surface area contributed by atoms with Gasteiger partial charge in [-0.15, -0.1) is 11.8 Å². The zero-order chi connectivity index (χ0) is 20.8. The Morgan fingerprint density at radius 2 is 1.18 bits per heavy atom. The molecule has 1 aromatic carbocycles. The van der Waals surface area contributed by atoms with Crippen LogP contribution in [0.5, 0.6) is 0 Å². The third-order valence-corrected chi connectivity index (χ3v) is 4.12. The number of carboxylic acid groups (broad SMARTS) is 1. The Labute approximate surface area is 165 Å². The zero-order valence-corrected chi connectivity index (χ0v) is 15.8. The van der Waals surface area contributed by atoms with Crippen molar-refractivity contribution in [1.82, 2.24) is 21.3 Å². The first-order valence-corrected chi connectivity index (χ1v) is 9.42. The first-order chi connectivity index (χ1) is 13.4. The second-order valence-electron chi connectivity index (χ2n) is 5.48. The van der Waals surface area contributed by atoms with Crippen LogP contribution in [0.25, 0.3) is 0 Å². The summed E-state index contributed by atoms with van der Waals surface area (Å²) in [4.78, 5) is 56.3. The summed E-state index contributed by atoms with van der Waals surface area (Å²) >= 11 is 1.42. The molecule has 10 nitrogen and oxygen atoms in total. The van der Waals surface area contributed by atoms with Gasteiger partial charge in [-0.25, -0.2) is 0 Å². The number of aliphatic carboxylic acids is 1. The summed E-state index contributed by atoms with van der Waals surface area (Å²) in [5, 5.41) is 17.4. The Morgan fingerprint density at radius 3 is 1.68 bits per heavy atom. The normalized spacial score (nSPS) is 9.86. The molecule has 0 aliphatic heterocycles. The van der Waals surface area contributed by atoms with Crippen molar-refractivity contribution in [3.63, 3.8) is 0 Å². The minimum atomic E-state index is -1.20. The molecule has 0 aliphatic carbocycles. The molecule has 0 heterocycles. The average molecular weight is 410 g/mol. The van der Waals surface area contributed by atoms with Gasteiger partial charge in [0.05, 0.1) is 25.4 Å². The quantitative estimate of drug-likeness (QED) is 0.280. The van der Waals surface area contributed by atoms with Gasteiger partial charge < -0.3 is 26.4 Å². The molecular formula is C17H22N4O6S. The molecule has 0 saturated carbocycles. The lowest BCUT2D eigenvalue weighted by Crippen LogP contribution is -2.45. The summed E-state index contributed by atoms with van der Waals surface area (Å²) in [5.74, 6) is -2.45. The van der Waals surface area contributed by atoms with E-state index >= 15 is 0 Å². The zero-order valence-electron chi connectivity index (χ0n) is 15.0. The summed E-state index contributed by atoms with van der Waals surface area (Å²) in [5.41, 5.74) is 1.10. The third kappa shape index (κ3) is 11.5. The van der Waals surface area contributed by atoms with Crippen molar-refractivity contribution in [1.29, 1.82) is 0 Å². The predicted octanol–water partition coefficient (Wildman–Crippen LogP) is -1.53. The second kappa shape index (κ2) is 13.1. The number of carboxylic acids is 1. The average Bonchev–Trinajstić information content (AvgIpc) is 2.68. The maximum Gasteiger partial charge on any atom is 0.322 e. The standard InChI is InChI=1S/C17H22N4O6S/c22-13(19-7-15(24)21-9-17(26)27)6-18-14(23)8-20-16(25)11-28-10-12-4-2-1-3-5-12/h1-5H,6-11H2,(H,18,23)(H,19,22)(H,20,25)(H,21,24)(H,26,27). The van der Waals surface area contributed by atoms with E-state index in [-0.39, 0.29) is 24.7 Å². The van der Waals surface area contributed by atoms with Crippen molar-refractivity contribution in [3.8, 4) is 0 Å². The van der Waals surface area contributed by atoms with Gasteiger partial charge in [-0.2, -0.15) is 0 Å². The highest BCUT2D eigenvalue weighted by Crippen LogP contribution is 2.10. The van der Waals surface area contributed by atoms with E-state index in [1.807, 2.05) is 30.3 Å². The summed E-state index contributed by atoms with van der Waals surface area (Å²) in [6.45, 7) is -1.59. The fourth-order valence-electron chi connectivity index (χ4n) is 1.79. The molecule has 11 heteroatoms. The number of carbonyl (C=O) groups is 5. The van der Waals surface area contributed by atoms with Gasteiger partial charge in [0.1, 0.15) is 6.54 Å². The minimum Gasteiger partial charge on any atom is -0.480 e. The van der Waals surface area contributed by atoms with Crippen LogP contribution in [0.15, 0.2) is 30.3 Å². The van der Waals surface area contributed by atoms with Gasteiger partial charge in [0, 0.05) is 5.75 Å². The number of amides is 4. The summed E-state index contributed by atoms with van der Waals surface area (Å²) in [6.07, 6.45) is 0. The van der Waals surface area contributed by atoms with E-state index < -0.39 is 36.8 Å². The van der Waals surface area contributed by atoms with Crippen molar-refractivity contribution in [2.24, 2.45) is 0 Å². The van der Waals surface area contributed by atoms with E-state index in [9.17, 15) is 24.0 Å². The highest BCUT2D eigenvalue weighted by atomic mass is 32.2. The molecular weight excluding hydrogens is 388 g/mol. The molecule has 4 amide bonds. The SMILES string of the molecule is O=C(O)CNC(=O)CNC(=O)CNC(=O)CNC(=O)CSCc1ccccc1. The van der Waals surface area contributed by atoms with Gasteiger partial charge in [0.15, 0.2) is 0 Å². The number of carbonyl (C=O) groups excluding carboxylic acids is 4. The number of hydrogen-bond acceptors (Lipinski definition) is 6. The second-order valence-corrected chi connectivity index (χ2v) is 6.46. The molecule has 28 heavy (non-hydrogen) atoms. The van der Waals surface area contributed by atoms with Crippen molar-refractivity contribution < 1.29 is 29.1 Å². The van der Waals surface area contributed by atoms with E-state index in [4.69, 9.17) is 5.11 Å². The summed E-state index contributed by atoms with van der Waals surface area (Å²) < 4.78 is 0. The Bertz CT molecular complexity index is 698.